The molecular formula is C13H17BrN4O. The minimum absolute atomic E-state index is 0.0613. The summed E-state index contributed by atoms with van der Waals surface area (Å²) in [4.78, 5) is 12.4. The van der Waals surface area contributed by atoms with Crippen molar-refractivity contribution in [3.8, 4) is 0 Å². The molecule has 6 heteroatoms. The van der Waals surface area contributed by atoms with E-state index in [9.17, 15) is 4.79 Å². The Bertz CT molecular complexity index is 627. The molecule has 2 aromatic heterocycles. The molecule has 0 saturated heterocycles. The van der Waals surface area contributed by atoms with E-state index in [2.05, 4.69) is 26.1 Å². The number of aromatic nitrogens is 4. The van der Waals surface area contributed by atoms with Gasteiger partial charge in [0.05, 0.1) is 28.0 Å². The number of nitrogens with zero attached hydrogens (tertiary/aromatic N) is 4. The summed E-state index contributed by atoms with van der Waals surface area (Å²) in [5, 5.41) is 8.60. The van der Waals surface area contributed by atoms with Crippen molar-refractivity contribution in [2.24, 2.45) is 7.05 Å². The van der Waals surface area contributed by atoms with Gasteiger partial charge in [-0.25, -0.2) is 0 Å². The van der Waals surface area contributed by atoms with Crippen LogP contribution in [0.25, 0.3) is 0 Å². The molecule has 0 aliphatic heterocycles. The largest absolute Gasteiger partial charge is 0.292 e. The molecule has 0 saturated carbocycles. The fourth-order valence-electron chi connectivity index (χ4n) is 2.13. The Kier molecular flexibility index (Phi) is 3.89. The van der Waals surface area contributed by atoms with Crippen LogP contribution in [0.4, 0.5) is 0 Å². The van der Waals surface area contributed by atoms with Crippen LogP contribution in [-0.4, -0.2) is 25.3 Å². The molecule has 0 atom stereocenters. The number of carbonyl (C=O) groups is 1. The number of Topliss-reactive ketones (excluding diaryl/α,β-unsaturated/α-hetero) is 1. The highest BCUT2D eigenvalue weighted by atomic mass is 79.9. The second-order valence-electron chi connectivity index (χ2n) is 4.56. The normalized spacial score (nSPS) is 11.0. The Morgan fingerprint density at radius 1 is 1.37 bits per heavy atom. The molecule has 0 aromatic carbocycles. The molecule has 5 nitrogen and oxygen atoms in total. The van der Waals surface area contributed by atoms with Crippen LogP contribution in [0.2, 0.25) is 0 Å². The van der Waals surface area contributed by atoms with Crippen LogP contribution in [0, 0.1) is 13.8 Å². The lowest BCUT2D eigenvalue weighted by Gasteiger charge is -2.05. The van der Waals surface area contributed by atoms with Gasteiger partial charge in [0, 0.05) is 13.6 Å². The molecule has 0 bridgehead atoms. The average Bonchev–Trinajstić information content (AvgIpc) is 2.85. The molecule has 2 aromatic rings. The highest BCUT2D eigenvalue weighted by Crippen LogP contribution is 2.22. The minimum Gasteiger partial charge on any atom is -0.292 e. The molecule has 0 fully saturated rings. The number of hydrogen-bond acceptors (Lipinski definition) is 3. The lowest BCUT2D eigenvalue weighted by molar-refractivity contribution is 0.0980. The van der Waals surface area contributed by atoms with E-state index in [1.165, 1.54) is 0 Å². The number of hydrogen-bond donors (Lipinski definition) is 0. The fraction of sp³-hybridized carbons (Fsp3) is 0.462. The quantitative estimate of drug-likeness (QED) is 0.812. The molecular weight excluding hydrogens is 308 g/mol. The maximum absolute atomic E-state index is 12.4. The number of ketones is 1. The van der Waals surface area contributed by atoms with Crippen molar-refractivity contribution in [3.63, 3.8) is 0 Å². The van der Waals surface area contributed by atoms with Crippen LogP contribution in [0.1, 0.15) is 34.5 Å². The zero-order valence-electron chi connectivity index (χ0n) is 11.6. The summed E-state index contributed by atoms with van der Waals surface area (Å²) in [5.74, 6) is 0.0613. The standard InChI is InChI=1S/C13H17BrN4O/c1-5-18-10(6-8(2)15-18)12(19)7-11-13(14)9(3)16-17(11)4/h6H,5,7H2,1-4H3. The lowest BCUT2D eigenvalue weighted by atomic mass is 10.1. The van der Waals surface area contributed by atoms with Gasteiger partial charge in [-0.3, -0.25) is 14.2 Å². The number of aryl methyl sites for hydroxylation is 4. The highest BCUT2D eigenvalue weighted by Gasteiger charge is 2.18. The third-order valence-electron chi connectivity index (χ3n) is 3.08. The van der Waals surface area contributed by atoms with Gasteiger partial charge in [0.15, 0.2) is 5.78 Å². The monoisotopic (exact) mass is 324 g/mol. The van der Waals surface area contributed by atoms with Crippen molar-refractivity contribution in [2.45, 2.75) is 33.7 Å². The van der Waals surface area contributed by atoms with Crippen LogP contribution in [0.5, 0.6) is 0 Å². The number of rotatable bonds is 4. The van der Waals surface area contributed by atoms with Gasteiger partial charge < -0.3 is 0 Å². The number of halogens is 1. The molecule has 102 valence electrons. The average molecular weight is 325 g/mol. The number of carbonyl (C=O) groups excluding carboxylic acids is 1. The van der Waals surface area contributed by atoms with Gasteiger partial charge in [-0.05, 0) is 42.8 Å². The molecule has 0 spiro atoms. The molecule has 2 rings (SSSR count). The summed E-state index contributed by atoms with van der Waals surface area (Å²) < 4.78 is 4.40. The first-order valence-corrected chi connectivity index (χ1v) is 6.99. The van der Waals surface area contributed by atoms with Crippen molar-refractivity contribution < 1.29 is 4.79 Å². The molecule has 0 N–H and O–H groups in total. The Morgan fingerprint density at radius 3 is 2.58 bits per heavy atom. The van der Waals surface area contributed by atoms with E-state index < -0.39 is 0 Å². The van der Waals surface area contributed by atoms with E-state index >= 15 is 0 Å². The molecule has 0 radical (unpaired) electrons. The first-order chi connectivity index (χ1) is 8.93. The third kappa shape index (κ3) is 2.63. The van der Waals surface area contributed by atoms with Gasteiger partial charge in [0.25, 0.3) is 0 Å². The maximum Gasteiger partial charge on any atom is 0.186 e. The summed E-state index contributed by atoms with van der Waals surface area (Å²) in [6.07, 6.45) is 0.322. The third-order valence-corrected chi connectivity index (χ3v) is 4.11. The summed E-state index contributed by atoms with van der Waals surface area (Å²) in [7, 11) is 1.85. The van der Waals surface area contributed by atoms with E-state index in [-0.39, 0.29) is 5.78 Å². The van der Waals surface area contributed by atoms with Gasteiger partial charge in [0.1, 0.15) is 5.69 Å². The fourth-order valence-corrected chi connectivity index (χ4v) is 2.60. The first kappa shape index (κ1) is 14.0. The van der Waals surface area contributed by atoms with E-state index in [1.807, 2.05) is 33.9 Å². The van der Waals surface area contributed by atoms with E-state index in [4.69, 9.17) is 0 Å². The van der Waals surface area contributed by atoms with Gasteiger partial charge in [-0.2, -0.15) is 10.2 Å². The Morgan fingerprint density at radius 2 is 2.05 bits per heavy atom. The molecule has 19 heavy (non-hydrogen) atoms. The van der Waals surface area contributed by atoms with Crippen molar-refractivity contribution in [1.82, 2.24) is 19.6 Å². The van der Waals surface area contributed by atoms with Gasteiger partial charge in [0.2, 0.25) is 0 Å². The van der Waals surface area contributed by atoms with E-state index in [0.29, 0.717) is 18.7 Å². The van der Waals surface area contributed by atoms with E-state index in [0.717, 1.165) is 21.6 Å². The van der Waals surface area contributed by atoms with Crippen molar-refractivity contribution in [2.75, 3.05) is 0 Å². The van der Waals surface area contributed by atoms with Gasteiger partial charge in [-0.1, -0.05) is 0 Å². The Labute approximate surface area is 120 Å². The first-order valence-electron chi connectivity index (χ1n) is 6.19. The lowest BCUT2D eigenvalue weighted by Crippen LogP contribution is -2.13. The van der Waals surface area contributed by atoms with Crippen LogP contribution in [-0.2, 0) is 20.0 Å². The molecule has 0 amide bonds. The molecule has 0 aliphatic rings. The SMILES string of the molecule is CCn1nc(C)cc1C(=O)Cc1c(Br)c(C)nn1C. The maximum atomic E-state index is 12.4. The second kappa shape index (κ2) is 5.28. The van der Waals surface area contributed by atoms with Crippen molar-refractivity contribution >= 4 is 21.7 Å². The zero-order chi connectivity index (χ0) is 14.2. The minimum atomic E-state index is 0.0613. The van der Waals surface area contributed by atoms with Crippen LogP contribution in [0.3, 0.4) is 0 Å². The van der Waals surface area contributed by atoms with Crippen molar-refractivity contribution in [1.29, 1.82) is 0 Å². The summed E-state index contributed by atoms with van der Waals surface area (Å²) in [6, 6.07) is 1.84. The Balaban J connectivity index is 2.30. The van der Waals surface area contributed by atoms with Crippen LogP contribution in [0.15, 0.2) is 10.5 Å². The topological polar surface area (TPSA) is 52.7 Å². The predicted molar refractivity (Wildman–Crippen MR) is 76.3 cm³/mol. The van der Waals surface area contributed by atoms with Crippen LogP contribution < -0.4 is 0 Å². The summed E-state index contributed by atoms with van der Waals surface area (Å²) in [5.41, 5.74) is 3.31. The van der Waals surface area contributed by atoms with Gasteiger partial charge in [-0.15, -0.1) is 0 Å². The Hall–Kier alpha value is -1.43. The van der Waals surface area contributed by atoms with Crippen LogP contribution >= 0.6 is 15.9 Å². The van der Waals surface area contributed by atoms with E-state index in [1.54, 1.807) is 9.36 Å². The molecule has 0 aliphatic carbocycles. The summed E-state index contributed by atoms with van der Waals surface area (Å²) >= 11 is 3.48. The molecule has 0 unspecified atom stereocenters. The second-order valence-corrected chi connectivity index (χ2v) is 5.35. The smallest absolute Gasteiger partial charge is 0.186 e. The van der Waals surface area contributed by atoms with Gasteiger partial charge >= 0.3 is 0 Å². The predicted octanol–water partition coefficient (Wildman–Crippen LogP) is 2.44. The molecule has 2 heterocycles. The highest BCUT2D eigenvalue weighted by molar-refractivity contribution is 9.10. The summed E-state index contributed by atoms with van der Waals surface area (Å²) in [6.45, 7) is 6.49. The van der Waals surface area contributed by atoms with Crippen molar-refractivity contribution in [3.05, 3.63) is 33.3 Å². The zero-order valence-corrected chi connectivity index (χ0v) is 13.2.